The van der Waals surface area contributed by atoms with Crippen molar-refractivity contribution >= 4 is 11.6 Å². The second-order valence-electron chi connectivity index (χ2n) is 5.72. The molecule has 5 heteroatoms. The molecule has 1 aromatic heterocycles. The van der Waals surface area contributed by atoms with Crippen LogP contribution in [0.4, 0.5) is 0 Å². The average molecular weight is 283 g/mol. The van der Waals surface area contributed by atoms with Gasteiger partial charge in [0, 0.05) is 49.7 Å². The second kappa shape index (κ2) is 5.27. The maximum absolute atomic E-state index is 11.9. The fraction of sp³-hybridized carbons (Fsp3) is 0.643. The molecule has 1 fully saturated rings. The molecule has 1 saturated heterocycles. The summed E-state index contributed by atoms with van der Waals surface area (Å²) < 4.78 is 1.92. The number of fused-ring (bicyclic) bond motifs is 4. The largest absolute Gasteiger partial charge is 0.391 e. The maximum atomic E-state index is 11.9. The quantitative estimate of drug-likeness (QED) is 0.837. The monoisotopic (exact) mass is 282 g/mol. The molecular weight excluding hydrogens is 264 g/mol. The molecule has 1 N–H and O–H groups in total. The Labute approximate surface area is 117 Å². The van der Waals surface area contributed by atoms with Crippen molar-refractivity contribution in [1.29, 1.82) is 0 Å². The molecule has 3 atom stereocenters. The summed E-state index contributed by atoms with van der Waals surface area (Å²) >= 11 is 5.67. The van der Waals surface area contributed by atoms with Gasteiger partial charge in [0.1, 0.15) is 0 Å². The zero-order chi connectivity index (χ0) is 13.4. The van der Waals surface area contributed by atoms with Crippen LogP contribution in [-0.2, 0) is 6.54 Å². The number of hydrogen-bond donors (Lipinski definition) is 1. The number of nitrogens with zero attached hydrogens (tertiary/aromatic N) is 2. The summed E-state index contributed by atoms with van der Waals surface area (Å²) in [6.45, 7) is 3.30. The molecule has 0 radical (unpaired) electrons. The zero-order valence-electron chi connectivity index (χ0n) is 10.8. The zero-order valence-corrected chi connectivity index (χ0v) is 11.6. The SMILES string of the molecule is O=c1cccc2n1CC1CC2CN(CC(O)CCl)C1. The minimum atomic E-state index is -0.460. The Balaban J connectivity index is 1.82. The van der Waals surface area contributed by atoms with Gasteiger partial charge < -0.3 is 9.67 Å². The standard InChI is InChI=1S/C14H19ClN2O2/c15-5-12(18)9-16-6-10-4-11(8-16)13-2-1-3-14(19)17(13)7-10/h1-3,10-12,18H,4-9H2. The molecule has 19 heavy (non-hydrogen) atoms. The fourth-order valence-electron chi connectivity index (χ4n) is 3.49. The Bertz CT molecular complexity index is 516. The number of halogens is 1. The summed E-state index contributed by atoms with van der Waals surface area (Å²) in [6, 6.07) is 5.55. The number of aliphatic hydroxyl groups is 1. The van der Waals surface area contributed by atoms with E-state index in [-0.39, 0.29) is 11.4 Å². The number of aliphatic hydroxyl groups excluding tert-OH is 1. The van der Waals surface area contributed by atoms with E-state index in [9.17, 15) is 9.90 Å². The summed E-state index contributed by atoms with van der Waals surface area (Å²) in [7, 11) is 0. The van der Waals surface area contributed by atoms with Gasteiger partial charge in [0.15, 0.2) is 0 Å². The number of β-amino-alcohol motifs (C(OH)–C–C–N with tert-alkyl or cyclic N) is 1. The van der Waals surface area contributed by atoms with Crippen LogP contribution in [-0.4, -0.2) is 46.2 Å². The van der Waals surface area contributed by atoms with Gasteiger partial charge in [-0.05, 0) is 18.4 Å². The molecule has 0 amide bonds. The molecule has 2 aliphatic rings. The third-order valence-electron chi connectivity index (χ3n) is 4.20. The first-order chi connectivity index (χ1) is 9.17. The van der Waals surface area contributed by atoms with Crippen LogP contribution in [0.3, 0.4) is 0 Å². The van der Waals surface area contributed by atoms with Crippen molar-refractivity contribution in [3.05, 3.63) is 34.2 Å². The number of rotatable bonds is 3. The Kier molecular flexibility index (Phi) is 3.65. The predicted octanol–water partition coefficient (Wildman–Crippen LogP) is 0.867. The van der Waals surface area contributed by atoms with Crippen LogP contribution in [0.15, 0.2) is 23.0 Å². The van der Waals surface area contributed by atoms with Crippen LogP contribution in [0, 0.1) is 5.92 Å². The molecule has 0 aromatic carbocycles. The summed E-state index contributed by atoms with van der Waals surface area (Å²) in [6.07, 6.45) is 0.690. The van der Waals surface area contributed by atoms with E-state index in [4.69, 9.17) is 11.6 Å². The van der Waals surface area contributed by atoms with E-state index in [0.29, 0.717) is 18.4 Å². The van der Waals surface area contributed by atoms with Gasteiger partial charge in [0.25, 0.3) is 5.56 Å². The highest BCUT2D eigenvalue weighted by Crippen LogP contribution is 2.34. The molecule has 0 aliphatic carbocycles. The Morgan fingerprint density at radius 3 is 3.00 bits per heavy atom. The third kappa shape index (κ3) is 2.57. The molecular formula is C14H19ClN2O2. The Morgan fingerprint density at radius 2 is 2.21 bits per heavy atom. The number of hydrogen-bond acceptors (Lipinski definition) is 3. The molecule has 1 aromatic rings. The molecule has 3 unspecified atom stereocenters. The van der Waals surface area contributed by atoms with Crippen molar-refractivity contribution in [2.45, 2.75) is 25.0 Å². The Hall–Kier alpha value is -0.840. The van der Waals surface area contributed by atoms with Crippen LogP contribution < -0.4 is 5.56 Å². The lowest BCUT2D eigenvalue weighted by atomic mass is 9.83. The molecule has 2 aliphatic heterocycles. The van der Waals surface area contributed by atoms with Crippen molar-refractivity contribution in [2.24, 2.45) is 5.92 Å². The first-order valence-electron chi connectivity index (χ1n) is 6.83. The number of likely N-dealkylation sites (tertiary alicyclic amines) is 1. The van der Waals surface area contributed by atoms with E-state index in [1.165, 1.54) is 0 Å². The highest BCUT2D eigenvalue weighted by atomic mass is 35.5. The topological polar surface area (TPSA) is 45.5 Å². The number of aromatic nitrogens is 1. The van der Waals surface area contributed by atoms with E-state index < -0.39 is 6.10 Å². The predicted molar refractivity (Wildman–Crippen MR) is 74.7 cm³/mol. The number of alkyl halides is 1. The lowest BCUT2D eigenvalue weighted by Gasteiger charge is -2.43. The maximum Gasteiger partial charge on any atom is 0.250 e. The summed E-state index contributed by atoms with van der Waals surface area (Å²) in [4.78, 5) is 14.2. The van der Waals surface area contributed by atoms with Crippen molar-refractivity contribution in [2.75, 3.05) is 25.5 Å². The molecule has 104 valence electrons. The number of piperidine rings is 1. The number of pyridine rings is 1. The normalized spacial score (nSPS) is 27.9. The van der Waals surface area contributed by atoms with Crippen LogP contribution in [0.25, 0.3) is 0 Å². The second-order valence-corrected chi connectivity index (χ2v) is 6.03. The molecule has 3 rings (SSSR count). The summed E-state index contributed by atoms with van der Waals surface area (Å²) in [5, 5.41) is 9.68. The van der Waals surface area contributed by atoms with Crippen molar-refractivity contribution < 1.29 is 5.11 Å². The molecule has 4 nitrogen and oxygen atoms in total. The van der Waals surface area contributed by atoms with Gasteiger partial charge in [-0.2, -0.15) is 0 Å². The summed E-state index contributed by atoms with van der Waals surface area (Å²) in [5.41, 5.74) is 1.26. The van der Waals surface area contributed by atoms with E-state index in [0.717, 1.165) is 31.7 Å². The highest BCUT2D eigenvalue weighted by molar-refractivity contribution is 6.18. The van der Waals surface area contributed by atoms with Gasteiger partial charge >= 0.3 is 0 Å². The Morgan fingerprint density at radius 1 is 1.37 bits per heavy atom. The van der Waals surface area contributed by atoms with Gasteiger partial charge in [-0.25, -0.2) is 0 Å². The third-order valence-corrected chi connectivity index (χ3v) is 4.56. The highest BCUT2D eigenvalue weighted by Gasteiger charge is 2.34. The van der Waals surface area contributed by atoms with Crippen LogP contribution in [0.2, 0.25) is 0 Å². The van der Waals surface area contributed by atoms with Crippen LogP contribution in [0.5, 0.6) is 0 Å². The van der Waals surface area contributed by atoms with Gasteiger partial charge in [-0.3, -0.25) is 9.69 Å². The van der Waals surface area contributed by atoms with E-state index in [1.807, 2.05) is 10.6 Å². The average Bonchev–Trinajstić information content (AvgIpc) is 2.40. The van der Waals surface area contributed by atoms with Crippen molar-refractivity contribution in [1.82, 2.24) is 9.47 Å². The minimum Gasteiger partial charge on any atom is -0.391 e. The fourth-order valence-corrected chi connectivity index (χ4v) is 3.59. The summed E-state index contributed by atoms with van der Waals surface area (Å²) in [5.74, 6) is 1.19. The van der Waals surface area contributed by atoms with Crippen LogP contribution in [0.1, 0.15) is 18.0 Å². The smallest absolute Gasteiger partial charge is 0.250 e. The van der Waals surface area contributed by atoms with Gasteiger partial charge in [0.05, 0.1) is 6.10 Å². The van der Waals surface area contributed by atoms with Crippen molar-refractivity contribution in [3.8, 4) is 0 Å². The van der Waals surface area contributed by atoms with Crippen LogP contribution >= 0.6 is 11.6 Å². The van der Waals surface area contributed by atoms with Crippen molar-refractivity contribution in [3.63, 3.8) is 0 Å². The molecule has 0 saturated carbocycles. The lowest BCUT2D eigenvalue weighted by molar-refractivity contribution is 0.0712. The van der Waals surface area contributed by atoms with Gasteiger partial charge in [-0.1, -0.05) is 6.07 Å². The van der Waals surface area contributed by atoms with Gasteiger partial charge in [0.2, 0.25) is 0 Å². The first kappa shape index (κ1) is 13.2. The molecule has 0 spiro atoms. The van der Waals surface area contributed by atoms with E-state index in [1.54, 1.807) is 6.07 Å². The van der Waals surface area contributed by atoms with E-state index in [2.05, 4.69) is 11.0 Å². The first-order valence-corrected chi connectivity index (χ1v) is 7.37. The lowest BCUT2D eigenvalue weighted by Crippen LogP contribution is -2.49. The van der Waals surface area contributed by atoms with E-state index >= 15 is 0 Å². The van der Waals surface area contributed by atoms with Gasteiger partial charge in [-0.15, -0.1) is 11.6 Å². The molecule has 2 bridgehead atoms. The molecule has 3 heterocycles. The minimum absolute atomic E-state index is 0.112.